The maximum Gasteiger partial charge on any atom is 0.326 e. The molecular weight excluding hydrogens is 599 g/mol. The Morgan fingerprint density at radius 2 is 1.14 bits per heavy atom. The van der Waals surface area contributed by atoms with E-state index >= 15 is 0 Å². The second kappa shape index (κ2) is 12.3. The molecule has 0 saturated carbocycles. The number of ether oxygens (including phenoxy) is 2. The quantitative estimate of drug-likeness (QED) is 0.0848. The summed E-state index contributed by atoms with van der Waals surface area (Å²) < 4.78 is 10.7. The Morgan fingerprint density at radius 1 is 0.750 bits per heavy atom. The van der Waals surface area contributed by atoms with Crippen LogP contribution in [0.2, 0.25) is 30.1 Å². The van der Waals surface area contributed by atoms with E-state index in [1.807, 2.05) is 0 Å². The summed E-state index contributed by atoms with van der Waals surface area (Å²) in [6.07, 6.45) is 0. The van der Waals surface area contributed by atoms with Crippen LogP contribution in [-0.4, -0.2) is 23.4 Å². The van der Waals surface area contributed by atoms with Crippen LogP contribution in [0, 0.1) is 16.0 Å². The summed E-state index contributed by atoms with van der Waals surface area (Å²) in [4.78, 5) is 37.6. The molecule has 7 nitrogen and oxygen atoms in total. The van der Waals surface area contributed by atoms with Crippen molar-refractivity contribution in [1.29, 1.82) is 0 Å². The molecule has 0 aromatic heterocycles. The van der Waals surface area contributed by atoms with Crippen molar-refractivity contribution in [3.05, 3.63) is 100 Å². The van der Waals surface area contributed by atoms with Gasteiger partial charge in [-0.2, -0.15) is 0 Å². The smallest absolute Gasteiger partial charge is 0.326 e. The molecule has 0 fully saturated rings. The number of carbonyl (C=O) groups excluding carboxylic acids is 2. The van der Waals surface area contributed by atoms with Gasteiger partial charge in [-0.15, -0.1) is 0 Å². The van der Waals surface area contributed by atoms with Gasteiger partial charge < -0.3 is 9.47 Å². The van der Waals surface area contributed by atoms with Crippen LogP contribution in [0.5, 0.6) is 11.5 Å². The minimum absolute atomic E-state index is 0.123. The highest BCUT2D eigenvalue weighted by Gasteiger charge is 2.43. The maximum absolute atomic E-state index is 13.4. The molecule has 3 rings (SSSR count). The largest absolute Gasteiger partial charge is 0.423 e. The van der Waals surface area contributed by atoms with Gasteiger partial charge in [0.2, 0.25) is 6.54 Å². The van der Waals surface area contributed by atoms with Crippen LogP contribution in [-0.2, 0) is 9.59 Å². The van der Waals surface area contributed by atoms with E-state index in [2.05, 4.69) is 0 Å². The molecule has 1 unspecified atom stereocenters. The molecule has 188 valence electrons. The van der Waals surface area contributed by atoms with Crippen molar-refractivity contribution < 1.29 is 24.0 Å². The lowest BCUT2D eigenvalue weighted by Gasteiger charge is -2.23. The summed E-state index contributed by atoms with van der Waals surface area (Å²) in [7, 11) is 0. The summed E-state index contributed by atoms with van der Waals surface area (Å²) in [5, 5.41) is 11.4. The highest BCUT2D eigenvalue weighted by atomic mass is 35.5. The van der Waals surface area contributed by atoms with Crippen LogP contribution in [0.15, 0.2) is 54.6 Å². The first-order valence-electron chi connectivity index (χ1n) is 9.87. The molecule has 0 amide bonds. The van der Waals surface area contributed by atoms with E-state index in [0.29, 0.717) is 5.56 Å². The van der Waals surface area contributed by atoms with Gasteiger partial charge in [0.15, 0.2) is 17.4 Å². The Kier molecular flexibility index (Phi) is 9.69. The van der Waals surface area contributed by atoms with Crippen molar-refractivity contribution >= 4 is 81.5 Å². The molecule has 0 aliphatic heterocycles. The van der Waals surface area contributed by atoms with Gasteiger partial charge in [0.05, 0.1) is 26.0 Å². The highest BCUT2D eigenvalue weighted by molar-refractivity contribution is 6.41. The third-order valence-electron chi connectivity index (χ3n) is 4.82. The zero-order valence-electron chi connectivity index (χ0n) is 17.7. The van der Waals surface area contributed by atoms with E-state index in [-0.39, 0.29) is 41.6 Å². The van der Waals surface area contributed by atoms with E-state index in [1.165, 1.54) is 36.4 Å². The van der Waals surface area contributed by atoms with Crippen molar-refractivity contribution in [2.45, 2.75) is 5.92 Å². The molecule has 3 aromatic carbocycles. The molecule has 0 radical (unpaired) electrons. The standard InChI is InChI=1S/C23H13Cl6NO6/c24-12-6-15(26)20(16(27)7-12)35-22(31)19(14(10-30(33)34)11-4-2-1-3-5-11)23(32)36-21-17(28)8-13(25)9-18(21)29/h1-9,14,19H,10H2. The first-order valence-corrected chi connectivity index (χ1v) is 12.1. The molecule has 0 aliphatic rings. The molecule has 36 heavy (non-hydrogen) atoms. The molecular formula is C23H13Cl6NO6. The number of benzene rings is 3. The van der Waals surface area contributed by atoms with E-state index < -0.39 is 35.2 Å². The van der Waals surface area contributed by atoms with Crippen molar-refractivity contribution in [2.75, 3.05) is 6.54 Å². The third kappa shape index (κ3) is 6.94. The Hall–Kier alpha value is -2.26. The van der Waals surface area contributed by atoms with Gasteiger partial charge in [0.1, 0.15) is 0 Å². The third-order valence-corrected chi connectivity index (χ3v) is 6.37. The zero-order chi connectivity index (χ0) is 26.6. The number of carbonyl (C=O) groups is 2. The average Bonchev–Trinajstić information content (AvgIpc) is 2.78. The Bertz CT molecular complexity index is 1200. The zero-order valence-corrected chi connectivity index (χ0v) is 22.3. The maximum atomic E-state index is 13.4. The number of nitro groups is 1. The summed E-state index contributed by atoms with van der Waals surface area (Å²) in [6, 6.07) is 13.0. The van der Waals surface area contributed by atoms with Crippen LogP contribution >= 0.6 is 69.6 Å². The number of esters is 2. The second-order valence-electron chi connectivity index (χ2n) is 7.25. The van der Waals surface area contributed by atoms with Crippen molar-refractivity contribution in [3.63, 3.8) is 0 Å². The minimum Gasteiger partial charge on any atom is -0.423 e. The van der Waals surface area contributed by atoms with E-state index in [0.717, 1.165) is 0 Å². The van der Waals surface area contributed by atoms with Gasteiger partial charge in [-0.1, -0.05) is 99.9 Å². The van der Waals surface area contributed by atoms with Gasteiger partial charge >= 0.3 is 11.9 Å². The van der Waals surface area contributed by atoms with Crippen LogP contribution in [0.25, 0.3) is 0 Å². The predicted molar refractivity (Wildman–Crippen MR) is 139 cm³/mol. The number of hydrogen-bond donors (Lipinski definition) is 0. The lowest BCUT2D eigenvalue weighted by Crippen LogP contribution is -2.39. The lowest BCUT2D eigenvalue weighted by atomic mass is 9.85. The van der Waals surface area contributed by atoms with Gasteiger partial charge in [-0.05, 0) is 29.8 Å². The molecule has 0 spiro atoms. The lowest BCUT2D eigenvalue weighted by molar-refractivity contribution is -0.484. The number of rotatable bonds is 8. The Labute approximate surface area is 234 Å². The van der Waals surface area contributed by atoms with Crippen LogP contribution < -0.4 is 9.47 Å². The average molecular weight is 612 g/mol. The number of nitrogens with zero attached hydrogens (tertiary/aromatic N) is 1. The second-order valence-corrected chi connectivity index (χ2v) is 9.75. The van der Waals surface area contributed by atoms with Crippen molar-refractivity contribution in [1.82, 2.24) is 0 Å². The van der Waals surface area contributed by atoms with Gasteiger partial charge in [0, 0.05) is 15.0 Å². The molecule has 3 aromatic rings. The van der Waals surface area contributed by atoms with Crippen LogP contribution in [0.1, 0.15) is 11.5 Å². The molecule has 1 atom stereocenters. The summed E-state index contributed by atoms with van der Waals surface area (Å²) in [5.41, 5.74) is 0.301. The predicted octanol–water partition coefficient (Wildman–Crippen LogP) is 7.79. The summed E-state index contributed by atoms with van der Waals surface area (Å²) in [6.45, 7) is -0.816. The molecule has 0 heterocycles. The molecule has 0 bridgehead atoms. The Morgan fingerprint density at radius 3 is 1.50 bits per heavy atom. The molecule has 0 N–H and O–H groups in total. The topological polar surface area (TPSA) is 95.7 Å². The normalized spacial score (nSPS) is 11.8. The fourth-order valence-corrected chi connectivity index (χ4v) is 5.06. The van der Waals surface area contributed by atoms with Crippen molar-refractivity contribution in [2.24, 2.45) is 5.92 Å². The number of hydrogen-bond acceptors (Lipinski definition) is 6. The summed E-state index contributed by atoms with van der Waals surface area (Å²) in [5.74, 6) is -6.19. The van der Waals surface area contributed by atoms with Gasteiger partial charge in [-0.3, -0.25) is 19.7 Å². The van der Waals surface area contributed by atoms with Crippen LogP contribution in [0.3, 0.4) is 0 Å². The van der Waals surface area contributed by atoms with Crippen molar-refractivity contribution in [3.8, 4) is 11.5 Å². The van der Waals surface area contributed by atoms with Gasteiger partial charge in [-0.25, -0.2) is 0 Å². The minimum atomic E-state index is -1.86. The van der Waals surface area contributed by atoms with Gasteiger partial charge in [0.25, 0.3) is 0 Å². The first kappa shape index (κ1) is 28.3. The molecule has 13 heteroatoms. The first-order chi connectivity index (χ1) is 17.0. The molecule has 0 saturated heterocycles. The SMILES string of the molecule is O=C(Oc1c(Cl)cc(Cl)cc1Cl)C(C(=O)Oc1c(Cl)cc(Cl)cc1Cl)C(C[N+](=O)[O-])c1ccccc1. The Balaban J connectivity index is 2.08. The van der Waals surface area contributed by atoms with Crippen LogP contribution in [0.4, 0.5) is 0 Å². The van der Waals surface area contributed by atoms with E-state index in [1.54, 1.807) is 18.2 Å². The number of halogens is 6. The fraction of sp³-hybridized carbons (Fsp3) is 0.130. The highest BCUT2D eigenvalue weighted by Crippen LogP contribution is 2.39. The summed E-state index contributed by atoms with van der Waals surface area (Å²) >= 11 is 36.2. The van der Waals surface area contributed by atoms with E-state index in [4.69, 9.17) is 79.1 Å². The fourth-order valence-electron chi connectivity index (χ4n) is 3.27. The van der Waals surface area contributed by atoms with E-state index in [9.17, 15) is 19.7 Å². The monoisotopic (exact) mass is 609 g/mol. The molecule has 0 aliphatic carbocycles.